The number of carbonyl (C=O) groups excluding carboxylic acids is 1. The van der Waals surface area contributed by atoms with E-state index < -0.39 is 0 Å². The summed E-state index contributed by atoms with van der Waals surface area (Å²) in [6, 6.07) is 2.33. The molecule has 0 unspecified atom stereocenters. The predicted octanol–water partition coefficient (Wildman–Crippen LogP) is 3.23. The first-order valence-corrected chi connectivity index (χ1v) is 11.7. The van der Waals surface area contributed by atoms with Crippen LogP contribution in [0.5, 0.6) is 0 Å². The Balaban J connectivity index is 1.38. The number of anilines is 3. The zero-order chi connectivity index (χ0) is 21.9. The molecule has 4 heterocycles. The van der Waals surface area contributed by atoms with Crippen LogP contribution in [0.15, 0.2) is 18.6 Å². The number of fused-ring (bicyclic) bond motifs is 1. The summed E-state index contributed by atoms with van der Waals surface area (Å²) in [5, 5.41) is 11.0. The van der Waals surface area contributed by atoms with Crippen LogP contribution < -0.4 is 10.6 Å². The first-order valence-electron chi connectivity index (χ1n) is 11.7. The van der Waals surface area contributed by atoms with Gasteiger partial charge in [-0.25, -0.2) is 4.98 Å². The molecule has 3 aromatic heterocycles. The minimum atomic E-state index is 0.267. The van der Waals surface area contributed by atoms with E-state index in [0.29, 0.717) is 18.4 Å². The molecule has 170 valence electrons. The number of carbonyl (C=O) groups is 1. The molecule has 2 N–H and O–H groups in total. The highest BCUT2D eigenvalue weighted by molar-refractivity contribution is 5.84. The highest BCUT2D eigenvalue weighted by Crippen LogP contribution is 2.32. The van der Waals surface area contributed by atoms with Crippen LogP contribution in [0.3, 0.4) is 0 Å². The number of likely N-dealkylation sites (tertiary alicyclic amines) is 1. The van der Waals surface area contributed by atoms with Gasteiger partial charge in [0.05, 0.1) is 12.5 Å². The van der Waals surface area contributed by atoms with Gasteiger partial charge in [-0.15, -0.1) is 0 Å². The number of imidazole rings is 1. The van der Waals surface area contributed by atoms with Crippen LogP contribution in [0.4, 0.5) is 17.6 Å². The van der Waals surface area contributed by atoms with Gasteiger partial charge in [-0.2, -0.15) is 15.1 Å². The molecule has 3 aromatic rings. The Morgan fingerprint density at radius 1 is 1.16 bits per heavy atom. The second kappa shape index (κ2) is 9.13. The van der Waals surface area contributed by atoms with Crippen molar-refractivity contribution in [2.24, 2.45) is 7.05 Å². The van der Waals surface area contributed by atoms with Gasteiger partial charge in [0, 0.05) is 45.2 Å². The molecule has 0 bridgehead atoms. The molecule has 32 heavy (non-hydrogen) atoms. The van der Waals surface area contributed by atoms with Crippen molar-refractivity contribution in [3.8, 4) is 0 Å². The van der Waals surface area contributed by atoms with Gasteiger partial charge in [0.2, 0.25) is 11.9 Å². The third-order valence-corrected chi connectivity index (χ3v) is 6.52. The molecule has 0 aromatic carbocycles. The van der Waals surface area contributed by atoms with Gasteiger partial charge in [0.25, 0.3) is 0 Å². The molecule has 1 aliphatic heterocycles. The summed E-state index contributed by atoms with van der Waals surface area (Å²) in [5.74, 6) is 2.34. The number of nitrogens with one attached hydrogen (secondary N) is 2. The van der Waals surface area contributed by atoms with Gasteiger partial charge in [-0.1, -0.05) is 19.3 Å². The SMILES string of the molecule is Cn1nccc1Nc1nc(NCCCN2CCCC2=O)c2ncn(C3CCCCC3)c2n1. The quantitative estimate of drug-likeness (QED) is 0.521. The number of aromatic nitrogens is 6. The number of hydrogen-bond donors (Lipinski definition) is 2. The standard InChI is InChI=1S/C22H31N9O/c1-29-17(10-12-25-29)26-22-27-20(23-11-6-14-30-13-5-9-18(30)32)19-21(28-22)31(15-24-19)16-7-3-2-4-8-16/h10,12,15-16H,2-9,11,13-14H2,1H3,(H2,23,26,27,28). The van der Waals surface area contributed by atoms with Crippen molar-refractivity contribution in [3.05, 3.63) is 18.6 Å². The number of nitrogens with zero attached hydrogens (tertiary/aromatic N) is 7. The molecule has 1 saturated heterocycles. The van der Waals surface area contributed by atoms with E-state index in [0.717, 1.165) is 68.1 Å². The Bertz CT molecular complexity index is 1080. The smallest absolute Gasteiger partial charge is 0.232 e. The van der Waals surface area contributed by atoms with Crippen LogP contribution in [0.25, 0.3) is 11.2 Å². The first kappa shape index (κ1) is 20.7. The molecular formula is C22H31N9O. The maximum Gasteiger partial charge on any atom is 0.232 e. The maximum absolute atomic E-state index is 11.8. The largest absolute Gasteiger partial charge is 0.368 e. The number of hydrogen-bond acceptors (Lipinski definition) is 7. The molecule has 0 radical (unpaired) electrons. The molecule has 0 spiro atoms. The Kier molecular flexibility index (Phi) is 5.91. The summed E-state index contributed by atoms with van der Waals surface area (Å²) in [6.45, 7) is 2.37. The molecule has 1 aliphatic carbocycles. The molecule has 1 saturated carbocycles. The zero-order valence-corrected chi connectivity index (χ0v) is 18.6. The Morgan fingerprint density at radius 2 is 2.03 bits per heavy atom. The second-order valence-corrected chi connectivity index (χ2v) is 8.74. The third-order valence-electron chi connectivity index (χ3n) is 6.52. The van der Waals surface area contributed by atoms with Crippen molar-refractivity contribution in [1.29, 1.82) is 0 Å². The summed E-state index contributed by atoms with van der Waals surface area (Å²) in [6.07, 6.45) is 12.3. The van der Waals surface area contributed by atoms with E-state index in [9.17, 15) is 4.79 Å². The molecule has 5 rings (SSSR count). The molecule has 2 aliphatic rings. The fraction of sp³-hybridized carbons (Fsp3) is 0.591. The first-order chi connectivity index (χ1) is 15.7. The monoisotopic (exact) mass is 437 g/mol. The fourth-order valence-electron chi connectivity index (χ4n) is 4.75. The number of amides is 1. The van der Waals surface area contributed by atoms with Gasteiger partial charge in [-0.05, 0) is 25.7 Å². The molecule has 0 atom stereocenters. The predicted molar refractivity (Wildman–Crippen MR) is 123 cm³/mol. The van der Waals surface area contributed by atoms with Crippen LogP contribution >= 0.6 is 0 Å². The fourth-order valence-corrected chi connectivity index (χ4v) is 4.75. The molecule has 10 nitrogen and oxygen atoms in total. The van der Waals surface area contributed by atoms with Crippen molar-refractivity contribution in [2.75, 3.05) is 30.3 Å². The molecule has 10 heteroatoms. The number of rotatable bonds is 8. The van der Waals surface area contributed by atoms with Crippen LogP contribution in [0, 0.1) is 0 Å². The average Bonchev–Trinajstić information content (AvgIpc) is 3.53. The summed E-state index contributed by atoms with van der Waals surface area (Å²) < 4.78 is 3.98. The highest BCUT2D eigenvalue weighted by atomic mass is 16.2. The number of aryl methyl sites for hydroxylation is 1. The van der Waals surface area contributed by atoms with Gasteiger partial charge in [0.1, 0.15) is 5.82 Å². The van der Waals surface area contributed by atoms with E-state index in [2.05, 4.69) is 25.3 Å². The van der Waals surface area contributed by atoms with E-state index in [-0.39, 0.29) is 5.91 Å². The lowest BCUT2D eigenvalue weighted by Gasteiger charge is -2.23. The van der Waals surface area contributed by atoms with Crippen molar-refractivity contribution >= 4 is 34.7 Å². The lowest BCUT2D eigenvalue weighted by atomic mass is 9.95. The average molecular weight is 438 g/mol. The lowest BCUT2D eigenvalue weighted by molar-refractivity contribution is -0.127. The topological polar surface area (TPSA) is 106 Å². The normalized spacial score (nSPS) is 17.4. The molecular weight excluding hydrogens is 406 g/mol. The lowest BCUT2D eigenvalue weighted by Crippen LogP contribution is -2.27. The Hall–Kier alpha value is -3.17. The van der Waals surface area contributed by atoms with Crippen molar-refractivity contribution in [3.63, 3.8) is 0 Å². The van der Waals surface area contributed by atoms with Crippen LogP contribution in [0.1, 0.15) is 57.4 Å². The summed E-state index contributed by atoms with van der Waals surface area (Å²) in [5.41, 5.74) is 1.65. The van der Waals surface area contributed by atoms with E-state index in [1.165, 1.54) is 19.3 Å². The third kappa shape index (κ3) is 4.26. The van der Waals surface area contributed by atoms with Crippen molar-refractivity contribution < 1.29 is 4.79 Å². The summed E-state index contributed by atoms with van der Waals surface area (Å²) in [4.78, 5) is 28.0. The minimum Gasteiger partial charge on any atom is -0.368 e. The summed E-state index contributed by atoms with van der Waals surface area (Å²) >= 11 is 0. The van der Waals surface area contributed by atoms with E-state index >= 15 is 0 Å². The minimum absolute atomic E-state index is 0.267. The van der Waals surface area contributed by atoms with E-state index in [1.807, 2.05) is 24.3 Å². The maximum atomic E-state index is 11.8. The molecule has 1 amide bonds. The van der Waals surface area contributed by atoms with E-state index in [4.69, 9.17) is 9.97 Å². The van der Waals surface area contributed by atoms with Crippen LogP contribution in [0.2, 0.25) is 0 Å². The second-order valence-electron chi connectivity index (χ2n) is 8.74. The highest BCUT2D eigenvalue weighted by Gasteiger charge is 2.22. The van der Waals surface area contributed by atoms with Gasteiger partial charge in [-0.3, -0.25) is 9.48 Å². The van der Waals surface area contributed by atoms with E-state index in [1.54, 1.807) is 10.9 Å². The van der Waals surface area contributed by atoms with Gasteiger partial charge < -0.3 is 20.1 Å². The zero-order valence-electron chi connectivity index (χ0n) is 18.6. The van der Waals surface area contributed by atoms with Crippen LogP contribution in [-0.4, -0.2) is 59.7 Å². The Labute approximate surface area is 187 Å². The van der Waals surface area contributed by atoms with Gasteiger partial charge >= 0.3 is 0 Å². The van der Waals surface area contributed by atoms with Crippen molar-refractivity contribution in [2.45, 2.75) is 57.4 Å². The van der Waals surface area contributed by atoms with Gasteiger partial charge in [0.15, 0.2) is 17.0 Å². The van der Waals surface area contributed by atoms with Crippen molar-refractivity contribution in [1.82, 2.24) is 34.2 Å². The Morgan fingerprint density at radius 3 is 2.78 bits per heavy atom. The van der Waals surface area contributed by atoms with Crippen LogP contribution in [-0.2, 0) is 11.8 Å². The summed E-state index contributed by atoms with van der Waals surface area (Å²) in [7, 11) is 1.88. The molecule has 2 fully saturated rings.